The zero-order valence-corrected chi connectivity index (χ0v) is 15.5. The smallest absolute Gasteiger partial charge is 0.277 e. The van der Waals surface area contributed by atoms with Crippen molar-refractivity contribution in [1.82, 2.24) is 4.98 Å². The molecule has 4 rings (SSSR count). The number of benzene rings is 2. The molecule has 0 spiro atoms. The van der Waals surface area contributed by atoms with E-state index < -0.39 is 17.5 Å². The fourth-order valence-corrected chi connectivity index (χ4v) is 3.45. The summed E-state index contributed by atoms with van der Waals surface area (Å²) in [6, 6.07) is 15.3. The number of hydrogen-bond donors (Lipinski definition) is 1. The zero-order chi connectivity index (χ0) is 20.5. The number of fused-ring (bicyclic) bond motifs is 1. The highest BCUT2D eigenvalue weighted by molar-refractivity contribution is 6.08. The number of carbonyl (C=O) groups excluding carboxylic acids is 2. The van der Waals surface area contributed by atoms with Crippen molar-refractivity contribution >= 4 is 23.2 Å². The maximum atomic E-state index is 13.3. The van der Waals surface area contributed by atoms with E-state index in [4.69, 9.17) is 0 Å². The third kappa shape index (κ3) is 3.59. The van der Waals surface area contributed by atoms with Crippen molar-refractivity contribution in [3.8, 4) is 0 Å². The van der Waals surface area contributed by atoms with Crippen molar-refractivity contribution in [2.24, 2.45) is 0 Å². The van der Waals surface area contributed by atoms with Crippen LogP contribution in [0.25, 0.3) is 0 Å². The van der Waals surface area contributed by atoms with Crippen molar-refractivity contribution in [2.45, 2.75) is 19.4 Å². The Hall–Kier alpha value is -3.61. The van der Waals surface area contributed by atoms with Crippen molar-refractivity contribution in [3.63, 3.8) is 0 Å². The molecule has 146 valence electrons. The first kappa shape index (κ1) is 18.7. The van der Waals surface area contributed by atoms with E-state index in [1.165, 1.54) is 12.1 Å². The number of nitrogens with zero attached hydrogens (tertiary/aromatic N) is 2. The Morgan fingerprint density at radius 2 is 1.76 bits per heavy atom. The largest absolute Gasteiger partial charge is 0.321 e. The van der Waals surface area contributed by atoms with Crippen LogP contribution < -0.4 is 10.2 Å². The normalized spacial score (nSPS) is 15.1. The molecule has 5 nitrogen and oxygen atoms in total. The van der Waals surface area contributed by atoms with Gasteiger partial charge in [-0.2, -0.15) is 0 Å². The van der Waals surface area contributed by atoms with Gasteiger partial charge in [0.1, 0.15) is 11.4 Å². The molecule has 0 saturated heterocycles. The van der Waals surface area contributed by atoms with E-state index in [1.807, 2.05) is 31.2 Å². The number of para-hydroxylation sites is 1. The summed E-state index contributed by atoms with van der Waals surface area (Å²) >= 11 is 0. The highest BCUT2D eigenvalue weighted by atomic mass is 19.2. The van der Waals surface area contributed by atoms with Gasteiger partial charge in [0.2, 0.25) is 0 Å². The molecule has 1 unspecified atom stereocenters. The molecule has 0 bridgehead atoms. The lowest BCUT2D eigenvalue weighted by Gasteiger charge is -2.22. The first-order valence-corrected chi connectivity index (χ1v) is 9.09. The molecule has 1 atom stereocenters. The third-order valence-corrected chi connectivity index (χ3v) is 4.80. The molecule has 1 aromatic heterocycles. The molecule has 2 heterocycles. The fourth-order valence-electron chi connectivity index (χ4n) is 3.45. The van der Waals surface area contributed by atoms with Gasteiger partial charge in [-0.25, -0.2) is 13.8 Å². The second kappa shape index (κ2) is 7.43. The van der Waals surface area contributed by atoms with E-state index in [1.54, 1.807) is 17.0 Å². The number of aromatic nitrogens is 1. The topological polar surface area (TPSA) is 62.3 Å². The summed E-state index contributed by atoms with van der Waals surface area (Å²) in [5.41, 5.74) is 2.14. The summed E-state index contributed by atoms with van der Waals surface area (Å²) < 4.78 is 26.4. The molecule has 2 aromatic carbocycles. The van der Waals surface area contributed by atoms with Crippen LogP contribution in [-0.2, 0) is 6.42 Å². The number of hydrogen-bond acceptors (Lipinski definition) is 3. The van der Waals surface area contributed by atoms with Crippen molar-refractivity contribution < 1.29 is 18.4 Å². The van der Waals surface area contributed by atoms with E-state index in [0.29, 0.717) is 0 Å². The summed E-state index contributed by atoms with van der Waals surface area (Å²) in [5, 5.41) is 2.45. The lowest BCUT2D eigenvalue weighted by Crippen LogP contribution is -2.36. The maximum Gasteiger partial charge on any atom is 0.277 e. The first-order valence-electron chi connectivity index (χ1n) is 9.09. The van der Waals surface area contributed by atoms with E-state index in [2.05, 4.69) is 10.3 Å². The first-order chi connectivity index (χ1) is 13.9. The Kier molecular flexibility index (Phi) is 4.80. The van der Waals surface area contributed by atoms with Gasteiger partial charge < -0.3 is 10.2 Å². The monoisotopic (exact) mass is 393 g/mol. The van der Waals surface area contributed by atoms with E-state index in [0.717, 1.165) is 29.8 Å². The van der Waals surface area contributed by atoms with E-state index in [-0.39, 0.29) is 29.0 Å². The second-order valence-electron chi connectivity index (χ2n) is 6.85. The zero-order valence-electron chi connectivity index (χ0n) is 15.5. The van der Waals surface area contributed by atoms with Crippen LogP contribution in [0.1, 0.15) is 33.5 Å². The van der Waals surface area contributed by atoms with Gasteiger partial charge in [-0.05, 0) is 49.2 Å². The van der Waals surface area contributed by atoms with Crippen LogP contribution in [0.4, 0.5) is 20.2 Å². The number of amides is 2. The minimum atomic E-state index is -1.07. The summed E-state index contributed by atoms with van der Waals surface area (Å²) in [6.07, 6.45) is 0.748. The number of nitrogens with one attached hydrogen (secondary N) is 1. The van der Waals surface area contributed by atoms with E-state index in [9.17, 15) is 18.4 Å². The molecule has 1 aliphatic rings. The minimum absolute atomic E-state index is 0.000665. The van der Waals surface area contributed by atoms with Crippen molar-refractivity contribution in [3.05, 3.63) is 89.2 Å². The Morgan fingerprint density at radius 1 is 1.00 bits per heavy atom. The maximum absolute atomic E-state index is 13.3. The summed E-state index contributed by atoms with van der Waals surface area (Å²) in [4.78, 5) is 31.4. The van der Waals surface area contributed by atoms with Gasteiger partial charge in [0.05, 0.1) is 0 Å². The SMILES string of the molecule is CC1Cc2ccccc2N1C(=O)c1cccc(C(=O)Nc2ccc(F)c(F)c2)n1. The molecule has 7 heteroatoms. The molecule has 2 amide bonds. The lowest BCUT2D eigenvalue weighted by atomic mass is 10.1. The molecular formula is C22H17F2N3O2. The Bertz CT molecular complexity index is 1120. The van der Waals surface area contributed by atoms with Crippen LogP contribution in [0, 0.1) is 11.6 Å². The predicted molar refractivity (Wildman–Crippen MR) is 105 cm³/mol. The summed E-state index contributed by atoms with van der Waals surface area (Å²) in [6.45, 7) is 1.96. The molecule has 0 radical (unpaired) electrons. The highest BCUT2D eigenvalue weighted by Crippen LogP contribution is 2.32. The number of rotatable bonds is 3. The molecule has 0 saturated carbocycles. The van der Waals surface area contributed by atoms with Crippen LogP contribution in [0.2, 0.25) is 0 Å². The van der Waals surface area contributed by atoms with Gasteiger partial charge in [0, 0.05) is 23.5 Å². The number of anilines is 2. The fraction of sp³-hybridized carbons (Fsp3) is 0.136. The van der Waals surface area contributed by atoms with Crippen LogP contribution in [0.3, 0.4) is 0 Å². The average Bonchev–Trinajstić information content (AvgIpc) is 3.06. The van der Waals surface area contributed by atoms with Gasteiger partial charge in [0.25, 0.3) is 11.8 Å². The summed E-state index contributed by atoms with van der Waals surface area (Å²) in [5.74, 6) is -3.00. The van der Waals surface area contributed by atoms with Gasteiger partial charge in [-0.3, -0.25) is 9.59 Å². The van der Waals surface area contributed by atoms with Crippen LogP contribution in [0.15, 0.2) is 60.7 Å². The number of pyridine rings is 1. The van der Waals surface area contributed by atoms with Crippen molar-refractivity contribution in [1.29, 1.82) is 0 Å². The predicted octanol–water partition coefficient (Wildman–Crippen LogP) is 4.20. The Labute approximate surface area is 166 Å². The molecule has 29 heavy (non-hydrogen) atoms. The van der Waals surface area contributed by atoms with Crippen molar-refractivity contribution in [2.75, 3.05) is 10.2 Å². The van der Waals surface area contributed by atoms with Gasteiger partial charge in [0.15, 0.2) is 11.6 Å². The Balaban J connectivity index is 1.58. The van der Waals surface area contributed by atoms with E-state index >= 15 is 0 Å². The average molecular weight is 393 g/mol. The molecular weight excluding hydrogens is 376 g/mol. The Morgan fingerprint density at radius 3 is 2.55 bits per heavy atom. The van der Waals surface area contributed by atoms with Crippen LogP contribution in [0.5, 0.6) is 0 Å². The highest BCUT2D eigenvalue weighted by Gasteiger charge is 2.32. The molecule has 1 N–H and O–H groups in total. The standard InChI is InChI=1S/C22H17F2N3O2/c1-13-11-14-5-2-3-8-20(14)27(13)22(29)19-7-4-6-18(26-19)21(28)25-15-9-10-16(23)17(24)12-15/h2-10,12-13H,11H2,1H3,(H,25,28). The summed E-state index contributed by atoms with van der Waals surface area (Å²) in [7, 11) is 0. The van der Waals surface area contributed by atoms with Crippen LogP contribution in [-0.4, -0.2) is 22.8 Å². The van der Waals surface area contributed by atoms with Crippen LogP contribution >= 0.6 is 0 Å². The molecule has 1 aliphatic heterocycles. The van der Waals surface area contributed by atoms with Gasteiger partial charge in [-0.15, -0.1) is 0 Å². The molecule has 0 aliphatic carbocycles. The second-order valence-corrected chi connectivity index (χ2v) is 6.85. The number of halogens is 2. The van der Waals surface area contributed by atoms with Gasteiger partial charge >= 0.3 is 0 Å². The lowest BCUT2D eigenvalue weighted by molar-refractivity contribution is 0.0976. The minimum Gasteiger partial charge on any atom is -0.321 e. The quantitative estimate of drug-likeness (QED) is 0.725. The van der Waals surface area contributed by atoms with Gasteiger partial charge in [-0.1, -0.05) is 24.3 Å². The molecule has 3 aromatic rings. The number of carbonyl (C=O) groups is 2. The third-order valence-electron chi connectivity index (χ3n) is 4.80. The molecule has 0 fully saturated rings.